The number of hydrogen-bond acceptors (Lipinski definition) is 7. The molecule has 0 fully saturated rings. The Hall–Kier alpha value is -4.72. The number of carbonyl (C=O) groups excluding carboxylic acids is 3. The van der Waals surface area contributed by atoms with Gasteiger partial charge in [0.2, 0.25) is 17.7 Å². The Morgan fingerprint density at radius 1 is 0.947 bits per heavy atom. The fourth-order valence-electron chi connectivity index (χ4n) is 3.79. The fourth-order valence-corrected chi connectivity index (χ4v) is 3.79. The Balaban J connectivity index is 1.60. The summed E-state index contributed by atoms with van der Waals surface area (Å²) in [5.41, 5.74) is 8.14. The van der Waals surface area contributed by atoms with Gasteiger partial charge in [-0.15, -0.1) is 0 Å². The fraction of sp³-hybridized carbons (Fsp3) is 0.333. The summed E-state index contributed by atoms with van der Waals surface area (Å²) in [6.07, 6.45) is 3.79. The van der Waals surface area contributed by atoms with Gasteiger partial charge in [-0.25, -0.2) is 9.78 Å². The smallest absolute Gasteiger partial charge is 0.326 e. The van der Waals surface area contributed by atoms with Gasteiger partial charge < -0.3 is 41.9 Å². The molecule has 0 spiro atoms. The summed E-state index contributed by atoms with van der Waals surface area (Å²) in [4.78, 5) is 70.5. The molecule has 202 valence electrons. The highest BCUT2D eigenvalue weighted by Gasteiger charge is 2.30. The van der Waals surface area contributed by atoms with Crippen LogP contribution in [0.5, 0.6) is 0 Å². The summed E-state index contributed by atoms with van der Waals surface area (Å²) >= 11 is 0. The van der Waals surface area contributed by atoms with Crippen molar-refractivity contribution in [1.82, 2.24) is 30.9 Å². The van der Waals surface area contributed by atoms with Crippen LogP contribution in [0.15, 0.2) is 43.0 Å². The number of carbonyl (C=O) groups is 5. The molecule has 2 aromatic heterocycles. The van der Waals surface area contributed by atoms with Crippen molar-refractivity contribution >= 4 is 40.6 Å². The van der Waals surface area contributed by atoms with Gasteiger partial charge in [0, 0.05) is 35.4 Å². The maximum atomic E-state index is 12.8. The molecule has 14 nitrogen and oxygen atoms in total. The van der Waals surface area contributed by atoms with Crippen LogP contribution < -0.4 is 21.7 Å². The van der Waals surface area contributed by atoms with Gasteiger partial charge in [-0.05, 0) is 25.0 Å². The highest BCUT2D eigenvalue weighted by molar-refractivity contribution is 5.95. The van der Waals surface area contributed by atoms with E-state index in [4.69, 9.17) is 5.73 Å². The van der Waals surface area contributed by atoms with Crippen molar-refractivity contribution in [1.29, 1.82) is 0 Å². The molecule has 0 saturated carbocycles. The van der Waals surface area contributed by atoms with Gasteiger partial charge in [0.25, 0.3) is 0 Å². The Kier molecular flexibility index (Phi) is 9.16. The first-order valence-corrected chi connectivity index (χ1v) is 11.7. The van der Waals surface area contributed by atoms with E-state index in [1.165, 1.54) is 19.4 Å². The lowest BCUT2D eigenvalue weighted by molar-refractivity contribution is -0.143. The summed E-state index contributed by atoms with van der Waals surface area (Å²) in [6.45, 7) is 1.30. The number of nitrogens with zero attached hydrogens (tertiary/aromatic N) is 1. The number of hydrogen-bond donors (Lipinski definition) is 8. The molecule has 2 heterocycles. The number of aliphatic carboxylic acids is 2. The maximum absolute atomic E-state index is 12.8. The molecule has 4 unspecified atom stereocenters. The van der Waals surface area contributed by atoms with E-state index in [0.717, 1.165) is 16.5 Å². The SMILES string of the molecule is CC(NC(=O)C(CC(=O)O)NC(=O)C(N)Cc1c[nH]c2ccccc12)C(=O)NC(Cc1cnc[nH]1)C(=O)O. The number of rotatable bonds is 13. The highest BCUT2D eigenvalue weighted by Crippen LogP contribution is 2.18. The standard InChI is InChI=1S/C24H29N7O7/c1-12(21(34)31-19(24(37)38)7-14-10-26-11-28-14)29-23(36)18(8-20(32)33)30-22(35)16(25)6-13-9-27-17-5-3-2-4-15(13)17/h2-5,9-12,16,18-19,27H,6-8,25H2,1H3,(H,26,28)(H,29,36)(H,30,35)(H,31,34)(H,32,33)(H,37,38). The van der Waals surface area contributed by atoms with E-state index in [2.05, 4.69) is 30.9 Å². The summed E-state index contributed by atoms with van der Waals surface area (Å²) in [6, 6.07) is 2.27. The predicted octanol–water partition coefficient (Wildman–Crippen LogP) is -0.963. The average Bonchev–Trinajstić information content (AvgIpc) is 3.52. The van der Waals surface area contributed by atoms with Crippen LogP contribution in [-0.2, 0) is 36.8 Å². The van der Waals surface area contributed by atoms with Gasteiger partial charge in [-0.1, -0.05) is 18.2 Å². The van der Waals surface area contributed by atoms with E-state index in [-0.39, 0.29) is 12.8 Å². The molecule has 3 amide bonds. The van der Waals surface area contributed by atoms with Crippen molar-refractivity contribution in [2.75, 3.05) is 0 Å². The van der Waals surface area contributed by atoms with E-state index < -0.39 is 60.2 Å². The molecule has 0 radical (unpaired) electrons. The molecule has 4 atom stereocenters. The van der Waals surface area contributed by atoms with Crippen LogP contribution in [0.2, 0.25) is 0 Å². The zero-order valence-electron chi connectivity index (χ0n) is 20.4. The molecule has 0 saturated heterocycles. The first-order chi connectivity index (χ1) is 18.0. The van der Waals surface area contributed by atoms with E-state index in [0.29, 0.717) is 5.69 Å². The van der Waals surface area contributed by atoms with Gasteiger partial charge in [0.05, 0.1) is 18.8 Å². The number of para-hydroxylation sites is 1. The van der Waals surface area contributed by atoms with Gasteiger partial charge in [-0.2, -0.15) is 0 Å². The Morgan fingerprint density at radius 3 is 2.32 bits per heavy atom. The highest BCUT2D eigenvalue weighted by atomic mass is 16.4. The van der Waals surface area contributed by atoms with Crippen LogP contribution in [0.25, 0.3) is 10.9 Å². The van der Waals surface area contributed by atoms with Crippen molar-refractivity contribution in [2.45, 2.75) is 50.4 Å². The van der Waals surface area contributed by atoms with Crippen molar-refractivity contribution in [2.24, 2.45) is 5.73 Å². The molecule has 1 aromatic carbocycles. The summed E-state index contributed by atoms with van der Waals surface area (Å²) in [7, 11) is 0. The number of carboxylic acid groups (broad SMARTS) is 2. The topological polar surface area (TPSA) is 232 Å². The number of fused-ring (bicyclic) bond motifs is 1. The van der Waals surface area contributed by atoms with E-state index >= 15 is 0 Å². The Bertz CT molecular complexity index is 1300. The molecule has 0 aliphatic carbocycles. The molecule has 14 heteroatoms. The third kappa shape index (κ3) is 7.39. The second-order valence-corrected chi connectivity index (χ2v) is 8.74. The van der Waals surface area contributed by atoms with Crippen molar-refractivity contribution < 1.29 is 34.2 Å². The lowest BCUT2D eigenvalue weighted by Crippen LogP contribution is -2.57. The minimum absolute atomic E-state index is 0.0756. The lowest BCUT2D eigenvalue weighted by Gasteiger charge is -2.22. The third-order valence-electron chi connectivity index (χ3n) is 5.81. The van der Waals surface area contributed by atoms with E-state index in [1.54, 1.807) is 6.20 Å². The molecular weight excluding hydrogens is 498 g/mol. The second-order valence-electron chi connectivity index (χ2n) is 8.74. The number of nitrogens with two attached hydrogens (primary N) is 1. The quantitative estimate of drug-likeness (QED) is 0.136. The number of benzene rings is 1. The van der Waals surface area contributed by atoms with Crippen molar-refractivity contribution in [3.8, 4) is 0 Å². The van der Waals surface area contributed by atoms with E-state index in [1.807, 2.05) is 24.3 Å². The predicted molar refractivity (Wildman–Crippen MR) is 134 cm³/mol. The molecule has 3 aromatic rings. The maximum Gasteiger partial charge on any atom is 0.326 e. The first-order valence-electron chi connectivity index (χ1n) is 11.7. The van der Waals surface area contributed by atoms with Gasteiger partial charge in [0.15, 0.2) is 0 Å². The summed E-state index contributed by atoms with van der Waals surface area (Å²) in [5.74, 6) is -5.17. The number of H-pyrrole nitrogens is 2. The van der Waals surface area contributed by atoms with Crippen LogP contribution in [-0.4, -0.2) is 79.0 Å². The Morgan fingerprint density at radius 2 is 1.66 bits per heavy atom. The molecule has 9 N–H and O–H groups in total. The number of aromatic amines is 2. The number of aromatic nitrogens is 3. The van der Waals surface area contributed by atoms with Crippen molar-refractivity contribution in [3.05, 3.63) is 54.2 Å². The normalized spacial score (nSPS) is 14.2. The van der Waals surface area contributed by atoms with Crippen LogP contribution in [0.3, 0.4) is 0 Å². The largest absolute Gasteiger partial charge is 0.481 e. The average molecular weight is 528 g/mol. The zero-order chi connectivity index (χ0) is 27.8. The molecule has 3 rings (SSSR count). The number of carboxylic acids is 2. The molecule has 0 aliphatic rings. The lowest BCUT2D eigenvalue weighted by atomic mass is 10.0. The van der Waals surface area contributed by atoms with Crippen LogP contribution in [0.4, 0.5) is 0 Å². The van der Waals surface area contributed by atoms with Crippen molar-refractivity contribution in [3.63, 3.8) is 0 Å². The molecule has 0 bridgehead atoms. The Labute approximate surface area is 216 Å². The minimum Gasteiger partial charge on any atom is -0.481 e. The third-order valence-corrected chi connectivity index (χ3v) is 5.81. The minimum atomic E-state index is -1.52. The molecule has 38 heavy (non-hydrogen) atoms. The first kappa shape index (κ1) is 27.9. The number of amides is 3. The number of imidazole rings is 1. The monoisotopic (exact) mass is 527 g/mol. The molecule has 0 aliphatic heterocycles. The van der Waals surface area contributed by atoms with Gasteiger partial charge in [0.1, 0.15) is 18.1 Å². The summed E-state index contributed by atoms with van der Waals surface area (Å²) < 4.78 is 0. The zero-order valence-corrected chi connectivity index (χ0v) is 20.4. The van der Waals surface area contributed by atoms with Crippen LogP contribution in [0.1, 0.15) is 24.6 Å². The van der Waals surface area contributed by atoms with Crippen LogP contribution >= 0.6 is 0 Å². The number of nitrogens with one attached hydrogen (secondary N) is 5. The summed E-state index contributed by atoms with van der Waals surface area (Å²) in [5, 5.41) is 26.5. The van der Waals surface area contributed by atoms with Gasteiger partial charge >= 0.3 is 11.9 Å². The second kappa shape index (κ2) is 12.5. The van der Waals surface area contributed by atoms with E-state index in [9.17, 15) is 34.2 Å². The van der Waals surface area contributed by atoms with Gasteiger partial charge in [-0.3, -0.25) is 19.2 Å². The van der Waals surface area contributed by atoms with Crippen LogP contribution in [0, 0.1) is 0 Å². The molecular formula is C24H29N7O7.